The Labute approximate surface area is 110 Å². The van der Waals surface area contributed by atoms with Crippen molar-refractivity contribution < 1.29 is 9.90 Å². The highest BCUT2D eigenvalue weighted by Gasteiger charge is 2.29. The van der Waals surface area contributed by atoms with Crippen LogP contribution in [0.3, 0.4) is 0 Å². The van der Waals surface area contributed by atoms with E-state index in [0.29, 0.717) is 6.54 Å². The molecule has 2 rings (SSSR count). The number of rotatable bonds is 3. The van der Waals surface area contributed by atoms with Crippen molar-refractivity contribution in [3.05, 3.63) is 0 Å². The molecule has 4 heteroatoms. The Hall–Kier alpha value is -0.610. The highest BCUT2D eigenvalue weighted by Crippen LogP contribution is 2.26. The van der Waals surface area contributed by atoms with E-state index in [1.165, 1.54) is 12.8 Å². The molecule has 0 bridgehead atoms. The average molecular weight is 254 g/mol. The number of piperidine rings is 1. The van der Waals surface area contributed by atoms with Gasteiger partial charge in [-0.3, -0.25) is 4.79 Å². The zero-order valence-electron chi connectivity index (χ0n) is 11.2. The first-order valence-corrected chi connectivity index (χ1v) is 7.43. The summed E-state index contributed by atoms with van der Waals surface area (Å²) >= 11 is 0. The molecular weight excluding hydrogens is 228 g/mol. The Morgan fingerprint density at radius 3 is 2.50 bits per heavy atom. The highest BCUT2D eigenvalue weighted by molar-refractivity contribution is 5.81. The molecule has 0 aromatic carbocycles. The smallest absolute Gasteiger partial charge is 0.237 e. The molecule has 104 valence electrons. The van der Waals surface area contributed by atoms with Gasteiger partial charge in [0.15, 0.2) is 0 Å². The second-order valence-corrected chi connectivity index (χ2v) is 5.86. The molecule has 3 N–H and O–H groups in total. The van der Waals surface area contributed by atoms with Crippen LogP contribution in [-0.4, -0.2) is 35.7 Å². The molecule has 1 aliphatic carbocycles. The maximum Gasteiger partial charge on any atom is 0.237 e. The molecule has 0 radical (unpaired) electrons. The van der Waals surface area contributed by atoms with Crippen LogP contribution in [0.1, 0.15) is 57.8 Å². The molecule has 0 spiro atoms. The van der Waals surface area contributed by atoms with E-state index in [1.54, 1.807) is 0 Å². The van der Waals surface area contributed by atoms with Crippen LogP contribution < -0.4 is 10.6 Å². The number of hydrogen-bond donors (Lipinski definition) is 3. The Bertz CT molecular complexity index is 267. The zero-order chi connectivity index (χ0) is 12.8. The van der Waals surface area contributed by atoms with Gasteiger partial charge in [0.1, 0.15) is 0 Å². The molecule has 1 amide bonds. The SMILES string of the molecule is O=C(NCC1(O)CCCCCC1)[C@H]1CCCCN1. The first-order chi connectivity index (χ1) is 8.70. The van der Waals surface area contributed by atoms with E-state index in [1.807, 2.05) is 0 Å². The summed E-state index contributed by atoms with van der Waals surface area (Å²) in [4.78, 5) is 12.0. The summed E-state index contributed by atoms with van der Waals surface area (Å²) in [6.45, 7) is 1.35. The molecule has 1 heterocycles. The summed E-state index contributed by atoms with van der Waals surface area (Å²) in [6, 6.07) is -0.0480. The van der Waals surface area contributed by atoms with Crippen molar-refractivity contribution in [1.82, 2.24) is 10.6 Å². The van der Waals surface area contributed by atoms with Crippen LogP contribution in [0.5, 0.6) is 0 Å². The maximum absolute atomic E-state index is 12.0. The minimum Gasteiger partial charge on any atom is -0.388 e. The summed E-state index contributed by atoms with van der Waals surface area (Å²) in [5.74, 6) is 0.0624. The fourth-order valence-electron chi connectivity index (χ4n) is 3.01. The molecule has 1 atom stereocenters. The standard InChI is InChI=1S/C14H26N2O2/c17-13(12-7-3-6-10-15-12)16-11-14(18)8-4-1-2-5-9-14/h12,15,18H,1-11H2,(H,16,17)/t12-/m1/s1. The quantitative estimate of drug-likeness (QED) is 0.666. The van der Waals surface area contributed by atoms with E-state index in [2.05, 4.69) is 10.6 Å². The van der Waals surface area contributed by atoms with Crippen LogP contribution in [-0.2, 0) is 4.79 Å². The lowest BCUT2D eigenvalue weighted by molar-refractivity contribution is -0.125. The van der Waals surface area contributed by atoms with E-state index in [-0.39, 0.29) is 11.9 Å². The molecule has 4 nitrogen and oxygen atoms in total. The molecule has 18 heavy (non-hydrogen) atoms. The molecule has 2 aliphatic rings. The lowest BCUT2D eigenvalue weighted by Gasteiger charge is -2.29. The van der Waals surface area contributed by atoms with Gasteiger partial charge in [0, 0.05) is 6.54 Å². The number of nitrogens with one attached hydrogen (secondary N) is 2. The minimum absolute atomic E-state index is 0.0480. The number of hydrogen-bond acceptors (Lipinski definition) is 3. The maximum atomic E-state index is 12.0. The van der Waals surface area contributed by atoms with E-state index < -0.39 is 5.60 Å². The summed E-state index contributed by atoms with van der Waals surface area (Å²) < 4.78 is 0. The van der Waals surface area contributed by atoms with Gasteiger partial charge in [-0.2, -0.15) is 0 Å². The van der Waals surface area contributed by atoms with Gasteiger partial charge in [-0.1, -0.05) is 32.1 Å². The molecule has 0 unspecified atom stereocenters. The molecule has 1 saturated heterocycles. The molecule has 1 saturated carbocycles. The van der Waals surface area contributed by atoms with Gasteiger partial charge < -0.3 is 15.7 Å². The summed E-state index contributed by atoms with van der Waals surface area (Å²) in [5.41, 5.74) is -0.666. The second kappa shape index (κ2) is 6.53. The molecule has 1 aliphatic heterocycles. The first kappa shape index (κ1) is 13.8. The van der Waals surface area contributed by atoms with E-state index in [0.717, 1.165) is 51.5 Å². The zero-order valence-corrected chi connectivity index (χ0v) is 11.2. The second-order valence-electron chi connectivity index (χ2n) is 5.86. The normalized spacial score (nSPS) is 28.4. The highest BCUT2D eigenvalue weighted by atomic mass is 16.3. The van der Waals surface area contributed by atoms with Crippen LogP contribution in [0.4, 0.5) is 0 Å². The number of carbonyl (C=O) groups is 1. The largest absolute Gasteiger partial charge is 0.388 e. The topological polar surface area (TPSA) is 61.4 Å². The Morgan fingerprint density at radius 1 is 1.17 bits per heavy atom. The predicted molar refractivity (Wildman–Crippen MR) is 71.3 cm³/mol. The van der Waals surface area contributed by atoms with Crippen molar-refractivity contribution in [3.63, 3.8) is 0 Å². The third-order valence-corrected chi connectivity index (χ3v) is 4.25. The summed E-state index contributed by atoms with van der Waals surface area (Å²) in [7, 11) is 0. The first-order valence-electron chi connectivity index (χ1n) is 7.43. The minimum atomic E-state index is -0.666. The summed E-state index contributed by atoms with van der Waals surface area (Å²) in [6.07, 6.45) is 9.42. The fraction of sp³-hybridized carbons (Fsp3) is 0.929. The van der Waals surface area contributed by atoms with Crippen molar-refractivity contribution in [2.45, 2.75) is 69.4 Å². The van der Waals surface area contributed by atoms with Crippen molar-refractivity contribution in [2.75, 3.05) is 13.1 Å². The third kappa shape index (κ3) is 3.95. The van der Waals surface area contributed by atoms with Gasteiger partial charge in [-0.05, 0) is 32.2 Å². The lowest BCUT2D eigenvalue weighted by Crippen LogP contribution is -2.51. The predicted octanol–water partition coefficient (Wildman–Crippen LogP) is 1.33. The number of amides is 1. The molecular formula is C14H26N2O2. The molecule has 0 aromatic rings. The van der Waals surface area contributed by atoms with Crippen LogP contribution in [0.25, 0.3) is 0 Å². The van der Waals surface area contributed by atoms with E-state index >= 15 is 0 Å². The van der Waals surface area contributed by atoms with Gasteiger partial charge in [0.25, 0.3) is 0 Å². The van der Waals surface area contributed by atoms with Crippen LogP contribution >= 0.6 is 0 Å². The van der Waals surface area contributed by atoms with Crippen LogP contribution in [0.2, 0.25) is 0 Å². The molecule has 2 fully saturated rings. The van der Waals surface area contributed by atoms with Crippen molar-refractivity contribution in [2.24, 2.45) is 0 Å². The fourth-order valence-corrected chi connectivity index (χ4v) is 3.01. The van der Waals surface area contributed by atoms with Crippen LogP contribution in [0, 0.1) is 0 Å². The van der Waals surface area contributed by atoms with Crippen LogP contribution in [0.15, 0.2) is 0 Å². The van der Waals surface area contributed by atoms with Crippen molar-refractivity contribution in [3.8, 4) is 0 Å². The molecule has 0 aromatic heterocycles. The van der Waals surface area contributed by atoms with Gasteiger partial charge >= 0.3 is 0 Å². The lowest BCUT2D eigenvalue weighted by atomic mass is 9.94. The third-order valence-electron chi connectivity index (χ3n) is 4.25. The van der Waals surface area contributed by atoms with Crippen molar-refractivity contribution >= 4 is 5.91 Å². The van der Waals surface area contributed by atoms with Gasteiger partial charge in [0.2, 0.25) is 5.91 Å². The van der Waals surface area contributed by atoms with E-state index in [4.69, 9.17) is 0 Å². The van der Waals surface area contributed by atoms with Gasteiger partial charge in [-0.15, -0.1) is 0 Å². The Morgan fingerprint density at radius 2 is 1.89 bits per heavy atom. The Kier molecular flexibility index (Phi) is 5.01. The van der Waals surface area contributed by atoms with Gasteiger partial charge in [-0.25, -0.2) is 0 Å². The Balaban J connectivity index is 1.76. The number of aliphatic hydroxyl groups is 1. The average Bonchev–Trinajstić information content (AvgIpc) is 2.62. The summed E-state index contributed by atoms with van der Waals surface area (Å²) in [5, 5.41) is 16.6. The monoisotopic (exact) mass is 254 g/mol. The number of carbonyl (C=O) groups excluding carboxylic acids is 1. The van der Waals surface area contributed by atoms with Gasteiger partial charge in [0.05, 0.1) is 11.6 Å². The van der Waals surface area contributed by atoms with Crippen molar-refractivity contribution in [1.29, 1.82) is 0 Å². The van der Waals surface area contributed by atoms with E-state index in [9.17, 15) is 9.90 Å².